The molecule has 0 radical (unpaired) electrons. The van der Waals surface area contributed by atoms with Crippen molar-refractivity contribution in [1.82, 2.24) is 9.29 Å². The van der Waals surface area contributed by atoms with E-state index in [0.29, 0.717) is 49.6 Å². The highest BCUT2D eigenvalue weighted by molar-refractivity contribution is 7.99. The van der Waals surface area contributed by atoms with Crippen LogP contribution in [0.5, 0.6) is 5.75 Å². The lowest BCUT2D eigenvalue weighted by Gasteiger charge is -2.26. The summed E-state index contributed by atoms with van der Waals surface area (Å²) in [5.74, 6) is 1.29. The van der Waals surface area contributed by atoms with Crippen molar-refractivity contribution in [3.63, 3.8) is 0 Å². The van der Waals surface area contributed by atoms with Crippen molar-refractivity contribution in [3.8, 4) is 5.75 Å². The van der Waals surface area contributed by atoms with Gasteiger partial charge in [0.05, 0.1) is 24.7 Å². The fourth-order valence-corrected chi connectivity index (χ4v) is 4.91. The minimum Gasteiger partial charge on any atom is -0.493 e. The van der Waals surface area contributed by atoms with E-state index in [4.69, 9.17) is 13.9 Å². The van der Waals surface area contributed by atoms with E-state index in [1.165, 1.54) is 16.1 Å². The second-order valence-corrected chi connectivity index (χ2v) is 9.12. The Morgan fingerprint density at radius 2 is 1.82 bits per heavy atom. The molecule has 1 fully saturated rings. The monoisotopic (exact) mass is 420 g/mol. The average Bonchev–Trinajstić information content (AvgIpc) is 3.15. The molecule has 1 aliphatic heterocycles. The quantitative estimate of drug-likeness (QED) is 0.429. The Morgan fingerprint density at radius 3 is 2.57 bits per heavy atom. The molecular formula is C19H20N2O5S2. The highest BCUT2D eigenvalue weighted by Crippen LogP contribution is 2.24. The largest absolute Gasteiger partial charge is 0.493 e. The maximum Gasteiger partial charge on any atom is 0.256 e. The van der Waals surface area contributed by atoms with Crippen molar-refractivity contribution in [2.24, 2.45) is 0 Å². The second kappa shape index (κ2) is 8.52. The summed E-state index contributed by atoms with van der Waals surface area (Å²) < 4.78 is 43.2. The Kier molecular flexibility index (Phi) is 5.86. The Balaban J connectivity index is 1.29. The number of hydrogen-bond donors (Lipinski definition) is 0. The van der Waals surface area contributed by atoms with Gasteiger partial charge in [-0.3, -0.25) is 0 Å². The molecule has 1 saturated heterocycles. The first-order valence-corrected chi connectivity index (χ1v) is 11.3. The molecule has 0 N–H and O–H groups in total. The van der Waals surface area contributed by atoms with Gasteiger partial charge in [0.1, 0.15) is 11.3 Å². The van der Waals surface area contributed by atoms with Gasteiger partial charge in [-0.1, -0.05) is 23.9 Å². The van der Waals surface area contributed by atoms with Gasteiger partial charge in [-0.05, 0) is 36.4 Å². The van der Waals surface area contributed by atoms with Crippen LogP contribution in [0.3, 0.4) is 0 Å². The molecule has 1 aromatic heterocycles. The standard InChI is InChI=1S/C19H20N2O5S2/c22-28(23,21-9-11-24-12-10-21)16-7-5-15(6-8-16)25-13-14-27-19-20-17-3-1-2-4-18(17)26-19/h1-8H,9-14H2. The highest BCUT2D eigenvalue weighted by Gasteiger charge is 2.26. The molecule has 7 nitrogen and oxygen atoms in total. The van der Waals surface area contributed by atoms with Crippen LogP contribution in [0.1, 0.15) is 0 Å². The van der Waals surface area contributed by atoms with Crippen molar-refractivity contribution < 1.29 is 22.3 Å². The van der Waals surface area contributed by atoms with Crippen LogP contribution in [0.2, 0.25) is 0 Å². The van der Waals surface area contributed by atoms with Crippen LogP contribution < -0.4 is 4.74 Å². The third-order valence-electron chi connectivity index (χ3n) is 4.28. The molecule has 0 aliphatic carbocycles. The van der Waals surface area contributed by atoms with Crippen LogP contribution in [0.15, 0.2) is 63.1 Å². The van der Waals surface area contributed by atoms with Crippen LogP contribution in [0.4, 0.5) is 0 Å². The normalized spacial score (nSPS) is 15.7. The number of thioether (sulfide) groups is 1. The summed E-state index contributed by atoms with van der Waals surface area (Å²) in [6.45, 7) is 2.08. The van der Waals surface area contributed by atoms with E-state index >= 15 is 0 Å². The predicted octanol–water partition coefficient (Wildman–Crippen LogP) is 3.02. The summed E-state index contributed by atoms with van der Waals surface area (Å²) in [7, 11) is -3.48. The molecule has 0 saturated carbocycles. The molecule has 0 spiro atoms. The van der Waals surface area contributed by atoms with Gasteiger partial charge in [0.2, 0.25) is 10.0 Å². The SMILES string of the molecule is O=S(=O)(c1ccc(OCCSc2nc3ccccc3o2)cc1)N1CCOCC1. The molecule has 4 rings (SSSR count). The molecule has 1 aliphatic rings. The summed E-state index contributed by atoms with van der Waals surface area (Å²) in [6, 6.07) is 14.1. The predicted molar refractivity (Wildman–Crippen MR) is 106 cm³/mol. The number of ether oxygens (including phenoxy) is 2. The van der Waals surface area contributed by atoms with Gasteiger partial charge < -0.3 is 13.9 Å². The molecule has 0 amide bonds. The van der Waals surface area contributed by atoms with E-state index in [0.717, 1.165) is 11.1 Å². The minimum absolute atomic E-state index is 0.266. The van der Waals surface area contributed by atoms with Crippen molar-refractivity contribution >= 4 is 32.9 Å². The summed E-state index contributed by atoms with van der Waals surface area (Å²) in [4.78, 5) is 4.67. The van der Waals surface area contributed by atoms with Gasteiger partial charge >= 0.3 is 0 Å². The number of morpholine rings is 1. The average molecular weight is 421 g/mol. The number of benzene rings is 2. The van der Waals surface area contributed by atoms with Crippen molar-refractivity contribution in [3.05, 3.63) is 48.5 Å². The molecule has 2 aromatic carbocycles. The summed E-state index contributed by atoms with van der Waals surface area (Å²) in [6.07, 6.45) is 0. The van der Waals surface area contributed by atoms with Crippen LogP contribution in [-0.4, -0.2) is 56.4 Å². The van der Waals surface area contributed by atoms with Crippen LogP contribution in [-0.2, 0) is 14.8 Å². The third kappa shape index (κ3) is 4.33. The smallest absolute Gasteiger partial charge is 0.256 e. The molecule has 28 heavy (non-hydrogen) atoms. The first kappa shape index (κ1) is 19.3. The number of fused-ring (bicyclic) bond motifs is 1. The van der Waals surface area contributed by atoms with E-state index in [1.807, 2.05) is 24.3 Å². The molecule has 0 bridgehead atoms. The minimum atomic E-state index is -3.48. The van der Waals surface area contributed by atoms with Gasteiger partial charge in [0.25, 0.3) is 5.22 Å². The fraction of sp³-hybridized carbons (Fsp3) is 0.316. The summed E-state index contributed by atoms with van der Waals surface area (Å²) in [5, 5.41) is 0.608. The Bertz CT molecular complexity index is 995. The number of nitrogens with zero attached hydrogens (tertiary/aromatic N) is 2. The molecular weight excluding hydrogens is 400 g/mol. The van der Waals surface area contributed by atoms with Gasteiger partial charge in [-0.25, -0.2) is 13.4 Å². The number of para-hydroxylation sites is 2. The number of sulfonamides is 1. The van der Waals surface area contributed by atoms with Gasteiger partial charge in [-0.2, -0.15) is 4.31 Å². The zero-order valence-electron chi connectivity index (χ0n) is 15.1. The van der Waals surface area contributed by atoms with Crippen LogP contribution in [0, 0.1) is 0 Å². The van der Waals surface area contributed by atoms with E-state index in [-0.39, 0.29) is 4.90 Å². The molecule has 9 heteroatoms. The van der Waals surface area contributed by atoms with Crippen molar-refractivity contribution in [1.29, 1.82) is 0 Å². The molecule has 0 atom stereocenters. The van der Waals surface area contributed by atoms with Crippen molar-refractivity contribution in [2.45, 2.75) is 10.1 Å². The molecule has 0 unspecified atom stereocenters. The fourth-order valence-electron chi connectivity index (χ4n) is 2.85. The maximum atomic E-state index is 12.6. The van der Waals surface area contributed by atoms with Gasteiger partial charge in [0, 0.05) is 18.8 Å². The van der Waals surface area contributed by atoms with Gasteiger partial charge in [-0.15, -0.1) is 0 Å². The number of hydrogen-bond acceptors (Lipinski definition) is 7. The molecule has 148 valence electrons. The lowest BCUT2D eigenvalue weighted by molar-refractivity contribution is 0.0730. The topological polar surface area (TPSA) is 81.9 Å². The van der Waals surface area contributed by atoms with Crippen molar-refractivity contribution in [2.75, 3.05) is 38.7 Å². The summed E-state index contributed by atoms with van der Waals surface area (Å²) >= 11 is 1.47. The lowest BCUT2D eigenvalue weighted by Crippen LogP contribution is -2.40. The Hall–Kier alpha value is -2.07. The number of aromatic nitrogens is 1. The Labute approximate surface area is 167 Å². The maximum absolute atomic E-state index is 12.6. The zero-order valence-corrected chi connectivity index (χ0v) is 16.7. The van der Waals surface area contributed by atoms with Gasteiger partial charge in [0.15, 0.2) is 5.58 Å². The third-order valence-corrected chi connectivity index (χ3v) is 6.99. The lowest BCUT2D eigenvalue weighted by atomic mass is 10.3. The first-order valence-electron chi connectivity index (χ1n) is 8.92. The molecule has 2 heterocycles. The van der Waals surface area contributed by atoms with E-state index < -0.39 is 10.0 Å². The van der Waals surface area contributed by atoms with Crippen LogP contribution >= 0.6 is 11.8 Å². The van der Waals surface area contributed by atoms with E-state index in [1.54, 1.807) is 24.3 Å². The van der Waals surface area contributed by atoms with E-state index in [2.05, 4.69) is 4.98 Å². The molecule has 3 aromatic rings. The highest BCUT2D eigenvalue weighted by atomic mass is 32.2. The number of rotatable bonds is 7. The Morgan fingerprint density at radius 1 is 1.07 bits per heavy atom. The second-order valence-electron chi connectivity index (χ2n) is 6.13. The first-order chi connectivity index (χ1) is 13.6. The van der Waals surface area contributed by atoms with Crippen LogP contribution in [0.25, 0.3) is 11.1 Å². The number of oxazole rings is 1. The van der Waals surface area contributed by atoms with E-state index in [9.17, 15) is 8.42 Å². The zero-order chi connectivity index (χ0) is 19.4. The summed E-state index contributed by atoms with van der Waals surface area (Å²) in [5.41, 5.74) is 1.60.